The summed E-state index contributed by atoms with van der Waals surface area (Å²) < 4.78 is 2.09. The topological polar surface area (TPSA) is 67.3 Å². The summed E-state index contributed by atoms with van der Waals surface area (Å²) >= 11 is 0. The van der Waals surface area contributed by atoms with Crippen molar-refractivity contribution >= 4 is 22.7 Å². The Morgan fingerprint density at radius 2 is 1.81 bits per heavy atom. The van der Waals surface area contributed by atoms with Crippen molar-refractivity contribution in [2.75, 3.05) is 6.54 Å². The Bertz CT molecular complexity index is 1000. The van der Waals surface area contributed by atoms with Gasteiger partial charge in [-0.3, -0.25) is 9.59 Å². The Balaban J connectivity index is 1.75. The normalized spacial score (nSPS) is 16.6. The summed E-state index contributed by atoms with van der Waals surface area (Å²) in [6.07, 6.45) is 3.32. The number of rotatable bonds is 4. The molecule has 3 aromatic rings. The maximum absolute atomic E-state index is 13.1. The molecule has 27 heavy (non-hydrogen) atoms. The first-order valence-corrected chi connectivity index (χ1v) is 9.20. The number of pyridine rings is 1. The molecule has 2 N–H and O–H groups in total. The van der Waals surface area contributed by atoms with E-state index in [4.69, 9.17) is 5.73 Å². The molecule has 1 fully saturated rings. The number of benzene rings is 2. The molecule has 5 nitrogen and oxygen atoms in total. The zero-order chi connectivity index (χ0) is 18.8. The third-order valence-corrected chi connectivity index (χ3v) is 5.14. The Morgan fingerprint density at radius 1 is 1.07 bits per heavy atom. The van der Waals surface area contributed by atoms with Crippen molar-refractivity contribution in [3.05, 3.63) is 78.0 Å². The van der Waals surface area contributed by atoms with Crippen LogP contribution in [-0.4, -0.2) is 29.3 Å². The molecule has 136 valence electrons. The minimum Gasteiger partial charge on any atom is -0.368 e. The molecule has 2 amide bonds. The second-order valence-corrected chi connectivity index (χ2v) is 6.96. The van der Waals surface area contributed by atoms with E-state index in [9.17, 15) is 9.59 Å². The summed E-state index contributed by atoms with van der Waals surface area (Å²) in [5.74, 6) is -0.567. The molecule has 2 heterocycles. The van der Waals surface area contributed by atoms with Crippen LogP contribution in [0.4, 0.5) is 0 Å². The third-order valence-electron chi connectivity index (χ3n) is 5.14. The fraction of sp³-hybridized carbons (Fsp3) is 0.227. The highest BCUT2D eigenvalue weighted by molar-refractivity contribution is 5.99. The summed E-state index contributed by atoms with van der Waals surface area (Å²) in [7, 11) is 0. The van der Waals surface area contributed by atoms with Gasteiger partial charge in [0.05, 0.1) is 0 Å². The predicted octanol–water partition coefficient (Wildman–Crippen LogP) is 2.27. The molecule has 5 heteroatoms. The van der Waals surface area contributed by atoms with E-state index in [-0.39, 0.29) is 5.91 Å². The van der Waals surface area contributed by atoms with Crippen LogP contribution in [0.15, 0.2) is 66.9 Å². The van der Waals surface area contributed by atoms with Gasteiger partial charge in [0.15, 0.2) is 12.7 Å². The van der Waals surface area contributed by atoms with Crippen LogP contribution >= 0.6 is 0 Å². The van der Waals surface area contributed by atoms with Crippen LogP contribution in [0.1, 0.15) is 28.8 Å². The summed E-state index contributed by atoms with van der Waals surface area (Å²) in [4.78, 5) is 26.4. The molecule has 0 spiro atoms. The van der Waals surface area contributed by atoms with Crippen molar-refractivity contribution in [3.63, 3.8) is 0 Å². The van der Waals surface area contributed by atoms with Gasteiger partial charge < -0.3 is 10.6 Å². The van der Waals surface area contributed by atoms with Gasteiger partial charge in [-0.1, -0.05) is 42.5 Å². The quantitative estimate of drug-likeness (QED) is 0.725. The molecule has 1 aliphatic heterocycles. The first-order chi connectivity index (χ1) is 13.1. The van der Waals surface area contributed by atoms with E-state index in [0.717, 1.165) is 22.9 Å². The van der Waals surface area contributed by atoms with Gasteiger partial charge in [0.25, 0.3) is 5.91 Å². The van der Waals surface area contributed by atoms with Crippen molar-refractivity contribution in [1.82, 2.24) is 4.90 Å². The molecular weight excluding hydrogens is 338 g/mol. The van der Waals surface area contributed by atoms with Crippen LogP contribution in [0.2, 0.25) is 0 Å². The number of carbonyl (C=O) groups excluding carboxylic acids is 2. The molecule has 1 saturated heterocycles. The van der Waals surface area contributed by atoms with Crippen molar-refractivity contribution < 1.29 is 14.2 Å². The summed E-state index contributed by atoms with van der Waals surface area (Å²) in [6, 6.07) is 19.5. The van der Waals surface area contributed by atoms with Crippen LogP contribution in [0.25, 0.3) is 10.9 Å². The minimum absolute atomic E-state index is 0.135. The van der Waals surface area contributed by atoms with E-state index in [0.29, 0.717) is 25.1 Å². The predicted molar refractivity (Wildman–Crippen MR) is 103 cm³/mol. The maximum Gasteiger partial charge on any atom is 0.260 e. The first kappa shape index (κ1) is 17.2. The van der Waals surface area contributed by atoms with Crippen LogP contribution in [-0.2, 0) is 11.3 Å². The van der Waals surface area contributed by atoms with E-state index in [1.165, 1.54) is 0 Å². The third kappa shape index (κ3) is 3.40. The molecule has 2 aromatic carbocycles. The maximum atomic E-state index is 13.1. The molecule has 1 aliphatic rings. The van der Waals surface area contributed by atoms with Gasteiger partial charge in [0.2, 0.25) is 11.4 Å². The van der Waals surface area contributed by atoms with E-state index in [1.54, 1.807) is 4.90 Å². The highest BCUT2D eigenvalue weighted by Gasteiger charge is 2.34. The Labute approximate surface area is 158 Å². The van der Waals surface area contributed by atoms with Crippen LogP contribution in [0.3, 0.4) is 0 Å². The monoisotopic (exact) mass is 360 g/mol. The van der Waals surface area contributed by atoms with Crippen molar-refractivity contribution in [2.45, 2.75) is 25.4 Å². The number of fused-ring (bicyclic) bond motifs is 1. The Morgan fingerprint density at radius 3 is 2.59 bits per heavy atom. The average Bonchev–Trinajstić information content (AvgIpc) is 3.18. The lowest BCUT2D eigenvalue weighted by molar-refractivity contribution is -0.662. The van der Waals surface area contributed by atoms with E-state index < -0.39 is 11.9 Å². The molecule has 1 atom stereocenters. The zero-order valence-electron chi connectivity index (χ0n) is 15.0. The van der Waals surface area contributed by atoms with Crippen LogP contribution in [0.5, 0.6) is 0 Å². The van der Waals surface area contributed by atoms with E-state index in [1.807, 2.05) is 48.7 Å². The van der Waals surface area contributed by atoms with Gasteiger partial charge in [-0.15, -0.1) is 0 Å². The smallest absolute Gasteiger partial charge is 0.260 e. The van der Waals surface area contributed by atoms with Crippen molar-refractivity contribution in [3.8, 4) is 0 Å². The van der Waals surface area contributed by atoms with Crippen molar-refractivity contribution in [1.29, 1.82) is 0 Å². The number of nitrogens with zero attached hydrogens (tertiary/aromatic N) is 2. The fourth-order valence-corrected chi connectivity index (χ4v) is 3.81. The van der Waals surface area contributed by atoms with Gasteiger partial charge in [0.1, 0.15) is 11.6 Å². The Hall–Kier alpha value is -3.21. The molecule has 0 bridgehead atoms. The highest BCUT2D eigenvalue weighted by Crippen LogP contribution is 2.21. The van der Waals surface area contributed by atoms with Gasteiger partial charge in [-0.25, -0.2) is 0 Å². The summed E-state index contributed by atoms with van der Waals surface area (Å²) in [5, 5.41) is 0.995. The lowest BCUT2D eigenvalue weighted by Crippen LogP contribution is -2.44. The lowest BCUT2D eigenvalue weighted by atomic mass is 10.1. The fourth-order valence-electron chi connectivity index (χ4n) is 3.81. The SMILES string of the molecule is NC(=O)C1CCCN1C(=O)c1cc2ccccc2[n+](Cc2ccccc2)c1. The molecule has 0 aliphatic carbocycles. The number of hydrogen-bond donors (Lipinski definition) is 1. The number of primary amides is 1. The number of para-hydroxylation sites is 1. The number of aromatic nitrogens is 1. The number of hydrogen-bond acceptors (Lipinski definition) is 2. The average molecular weight is 360 g/mol. The van der Waals surface area contributed by atoms with Gasteiger partial charge >= 0.3 is 0 Å². The number of carbonyl (C=O) groups is 2. The second-order valence-electron chi connectivity index (χ2n) is 6.96. The van der Waals surface area contributed by atoms with Gasteiger partial charge in [0, 0.05) is 23.6 Å². The van der Waals surface area contributed by atoms with Crippen LogP contribution < -0.4 is 10.3 Å². The number of likely N-dealkylation sites (tertiary alicyclic amines) is 1. The molecule has 1 aromatic heterocycles. The molecule has 1 unspecified atom stereocenters. The largest absolute Gasteiger partial charge is 0.368 e. The summed E-state index contributed by atoms with van der Waals surface area (Å²) in [5.41, 5.74) is 8.29. The van der Waals surface area contributed by atoms with Crippen LogP contribution in [0, 0.1) is 0 Å². The minimum atomic E-state index is -0.508. The molecule has 0 saturated carbocycles. The number of amides is 2. The van der Waals surface area contributed by atoms with Gasteiger partial charge in [-0.05, 0) is 25.0 Å². The Kier molecular flexibility index (Phi) is 4.59. The van der Waals surface area contributed by atoms with Crippen molar-refractivity contribution in [2.24, 2.45) is 5.73 Å². The number of nitrogens with two attached hydrogens (primary N) is 1. The summed E-state index contributed by atoms with van der Waals surface area (Å²) in [6.45, 7) is 1.24. The molecular formula is C22H22N3O2+. The highest BCUT2D eigenvalue weighted by atomic mass is 16.2. The molecule has 0 radical (unpaired) electrons. The first-order valence-electron chi connectivity index (χ1n) is 9.20. The standard InChI is InChI=1S/C22H21N3O2/c23-21(26)20-11-6-12-25(20)22(27)18-13-17-9-4-5-10-19(17)24(15-18)14-16-7-2-1-3-8-16/h1-5,7-10,13,15,20H,6,11-12,14H2,(H-,23,26)/p+1. The van der Waals surface area contributed by atoms with Gasteiger partial charge in [-0.2, -0.15) is 4.57 Å². The van der Waals surface area contributed by atoms with E-state index >= 15 is 0 Å². The lowest BCUT2D eigenvalue weighted by Gasteiger charge is -2.21. The van der Waals surface area contributed by atoms with E-state index in [2.05, 4.69) is 22.8 Å². The second kappa shape index (κ2) is 7.19. The molecule has 4 rings (SSSR count). The zero-order valence-corrected chi connectivity index (χ0v) is 15.0.